The second kappa shape index (κ2) is 8.48. The number of thiazole rings is 1. The first-order valence-corrected chi connectivity index (χ1v) is 11.8. The molecule has 4 aromatic rings. The highest BCUT2D eigenvalue weighted by Crippen LogP contribution is 2.42. The van der Waals surface area contributed by atoms with E-state index < -0.39 is 6.04 Å². The Bertz CT molecular complexity index is 1390. The molecular formula is C26H24N2O4S. The van der Waals surface area contributed by atoms with Gasteiger partial charge >= 0.3 is 0 Å². The molecule has 2 aromatic carbocycles. The summed E-state index contributed by atoms with van der Waals surface area (Å²) in [5.41, 5.74) is 2.28. The molecule has 1 aliphatic rings. The first-order valence-electron chi connectivity index (χ1n) is 11.0. The van der Waals surface area contributed by atoms with Gasteiger partial charge < -0.3 is 9.15 Å². The van der Waals surface area contributed by atoms with Gasteiger partial charge in [-0.3, -0.25) is 14.5 Å². The Balaban J connectivity index is 1.67. The number of aryl methyl sites for hydroxylation is 1. The largest absolute Gasteiger partial charge is 0.494 e. The number of ether oxygens (including phenoxy) is 1. The van der Waals surface area contributed by atoms with Gasteiger partial charge in [-0.05, 0) is 49.1 Å². The van der Waals surface area contributed by atoms with Crippen molar-refractivity contribution in [1.82, 2.24) is 4.98 Å². The lowest BCUT2D eigenvalue weighted by Crippen LogP contribution is -2.29. The zero-order valence-corrected chi connectivity index (χ0v) is 19.5. The fourth-order valence-electron chi connectivity index (χ4n) is 4.12. The van der Waals surface area contributed by atoms with E-state index in [1.54, 1.807) is 23.2 Å². The molecule has 33 heavy (non-hydrogen) atoms. The Labute approximate surface area is 195 Å². The standard InChI is InChI=1S/C26H24N2O4S/c1-15(2)9-11-31-18-6-4-5-17(14-18)22-21-23(29)19-13-16(3)7-8-20(19)32-24(21)25(30)28(22)26-27-10-12-33-26/h4-8,10,12-15,22H,9,11H2,1-3H3. The summed E-state index contributed by atoms with van der Waals surface area (Å²) in [5.74, 6) is 0.946. The third-order valence-electron chi connectivity index (χ3n) is 5.79. The fraction of sp³-hybridized carbons (Fsp3) is 0.269. The number of amides is 1. The number of carbonyl (C=O) groups is 1. The van der Waals surface area contributed by atoms with Crippen molar-refractivity contribution in [1.29, 1.82) is 0 Å². The van der Waals surface area contributed by atoms with Crippen LogP contribution in [0.5, 0.6) is 5.75 Å². The Morgan fingerprint density at radius 2 is 2.03 bits per heavy atom. The highest BCUT2D eigenvalue weighted by atomic mass is 32.1. The van der Waals surface area contributed by atoms with Crippen LogP contribution < -0.4 is 15.1 Å². The SMILES string of the molecule is Cc1ccc2oc3c(c(=O)c2c1)C(c1cccc(OCCC(C)C)c1)N(c1nccs1)C3=O. The van der Waals surface area contributed by atoms with Crippen molar-refractivity contribution >= 4 is 33.3 Å². The van der Waals surface area contributed by atoms with Crippen LogP contribution in [0, 0.1) is 12.8 Å². The predicted molar refractivity (Wildman–Crippen MR) is 129 cm³/mol. The van der Waals surface area contributed by atoms with Crippen molar-refractivity contribution in [3.63, 3.8) is 0 Å². The molecule has 6 nitrogen and oxygen atoms in total. The highest BCUT2D eigenvalue weighted by Gasteiger charge is 2.44. The summed E-state index contributed by atoms with van der Waals surface area (Å²) in [6.07, 6.45) is 2.59. The lowest BCUT2D eigenvalue weighted by Gasteiger charge is -2.23. The van der Waals surface area contributed by atoms with Crippen molar-refractivity contribution in [2.75, 3.05) is 11.5 Å². The summed E-state index contributed by atoms with van der Waals surface area (Å²) in [7, 11) is 0. The molecule has 0 bridgehead atoms. The molecule has 0 saturated heterocycles. The molecular weight excluding hydrogens is 436 g/mol. The monoisotopic (exact) mass is 460 g/mol. The van der Waals surface area contributed by atoms with Gasteiger partial charge in [-0.25, -0.2) is 4.98 Å². The Hall–Kier alpha value is -3.45. The third-order valence-corrected chi connectivity index (χ3v) is 6.56. The van der Waals surface area contributed by atoms with E-state index in [9.17, 15) is 9.59 Å². The number of rotatable bonds is 6. The zero-order chi connectivity index (χ0) is 23.1. The Kier molecular flexibility index (Phi) is 5.50. The van der Waals surface area contributed by atoms with Crippen LogP contribution in [0.3, 0.4) is 0 Å². The molecule has 0 saturated carbocycles. The molecule has 7 heteroatoms. The molecule has 5 rings (SSSR count). The number of anilines is 1. The number of benzene rings is 2. The number of aromatic nitrogens is 1. The van der Waals surface area contributed by atoms with Crippen molar-refractivity contribution in [2.45, 2.75) is 33.2 Å². The van der Waals surface area contributed by atoms with E-state index in [4.69, 9.17) is 9.15 Å². The molecule has 0 fully saturated rings. The third kappa shape index (κ3) is 3.82. The number of nitrogens with zero attached hydrogens (tertiary/aromatic N) is 2. The van der Waals surface area contributed by atoms with Gasteiger partial charge in [0.05, 0.1) is 23.6 Å². The number of carbonyl (C=O) groups excluding carboxylic acids is 1. The normalized spacial score (nSPS) is 15.5. The molecule has 0 N–H and O–H groups in total. The molecule has 3 heterocycles. The van der Waals surface area contributed by atoms with Crippen LogP contribution in [-0.4, -0.2) is 17.5 Å². The molecule has 1 unspecified atom stereocenters. The van der Waals surface area contributed by atoms with Gasteiger partial charge in [0.15, 0.2) is 10.6 Å². The minimum absolute atomic E-state index is 0.0719. The highest BCUT2D eigenvalue weighted by molar-refractivity contribution is 7.13. The average molecular weight is 461 g/mol. The van der Waals surface area contributed by atoms with Gasteiger partial charge in [0.2, 0.25) is 5.76 Å². The zero-order valence-electron chi connectivity index (χ0n) is 18.7. The summed E-state index contributed by atoms with van der Waals surface area (Å²) in [4.78, 5) is 33.1. The Morgan fingerprint density at radius 1 is 1.18 bits per heavy atom. The van der Waals surface area contributed by atoms with E-state index in [2.05, 4.69) is 18.8 Å². The van der Waals surface area contributed by atoms with Crippen molar-refractivity contribution in [2.24, 2.45) is 5.92 Å². The van der Waals surface area contributed by atoms with Gasteiger partial charge in [-0.2, -0.15) is 0 Å². The van der Waals surface area contributed by atoms with Crippen LogP contribution in [0.15, 0.2) is 63.3 Å². The second-order valence-corrected chi connectivity index (χ2v) is 9.54. The number of hydrogen-bond acceptors (Lipinski definition) is 6. The first-order chi connectivity index (χ1) is 15.9. The molecule has 2 aromatic heterocycles. The van der Waals surface area contributed by atoms with Crippen LogP contribution in [0.4, 0.5) is 5.13 Å². The molecule has 0 aliphatic carbocycles. The minimum atomic E-state index is -0.645. The minimum Gasteiger partial charge on any atom is -0.494 e. The van der Waals surface area contributed by atoms with Gasteiger partial charge in [-0.15, -0.1) is 11.3 Å². The van der Waals surface area contributed by atoms with E-state index in [1.807, 2.05) is 42.6 Å². The number of fused-ring (bicyclic) bond motifs is 2. The van der Waals surface area contributed by atoms with Gasteiger partial charge in [0.1, 0.15) is 11.3 Å². The van der Waals surface area contributed by atoms with Crippen LogP contribution in [-0.2, 0) is 0 Å². The van der Waals surface area contributed by atoms with Gasteiger partial charge in [0, 0.05) is 11.6 Å². The van der Waals surface area contributed by atoms with Crippen molar-refractivity contribution in [3.05, 3.63) is 86.7 Å². The first kappa shape index (κ1) is 21.4. The Morgan fingerprint density at radius 3 is 2.79 bits per heavy atom. The fourth-order valence-corrected chi connectivity index (χ4v) is 4.79. The summed E-state index contributed by atoms with van der Waals surface area (Å²) in [6, 6.07) is 12.3. The van der Waals surface area contributed by atoms with Crippen LogP contribution in [0.2, 0.25) is 0 Å². The van der Waals surface area contributed by atoms with E-state index in [1.165, 1.54) is 11.3 Å². The lowest BCUT2D eigenvalue weighted by molar-refractivity contribution is 0.0971. The maximum absolute atomic E-state index is 13.7. The van der Waals surface area contributed by atoms with Gasteiger partial charge in [-0.1, -0.05) is 37.6 Å². The summed E-state index contributed by atoms with van der Waals surface area (Å²) >= 11 is 1.35. The van der Waals surface area contributed by atoms with E-state index >= 15 is 0 Å². The molecule has 1 amide bonds. The average Bonchev–Trinajstić information content (AvgIpc) is 3.41. The summed E-state index contributed by atoms with van der Waals surface area (Å²) < 4.78 is 12.0. The van der Waals surface area contributed by atoms with E-state index in [-0.39, 0.29) is 17.1 Å². The van der Waals surface area contributed by atoms with Crippen LogP contribution in [0.1, 0.15) is 53.6 Å². The quantitative estimate of drug-likeness (QED) is 0.367. The summed E-state index contributed by atoms with van der Waals surface area (Å²) in [5, 5.41) is 2.79. The van der Waals surface area contributed by atoms with Crippen molar-refractivity contribution < 1.29 is 13.9 Å². The van der Waals surface area contributed by atoms with Gasteiger partial charge in [0.25, 0.3) is 5.91 Å². The topological polar surface area (TPSA) is 72.6 Å². The number of hydrogen-bond donors (Lipinski definition) is 0. The van der Waals surface area contributed by atoms with Crippen molar-refractivity contribution in [3.8, 4) is 5.75 Å². The second-order valence-electron chi connectivity index (χ2n) is 8.67. The summed E-state index contributed by atoms with van der Waals surface area (Å²) in [6.45, 7) is 6.83. The maximum atomic E-state index is 13.7. The van der Waals surface area contributed by atoms with Crippen LogP contribution in [0.25, 0.3) is 11.0 Å². The molecule has 0 spiro atoms. The molecule has 0 radical (unpaired) electrons. The molecule has 1 aliphatic heterocycles. The lowest BCUT2D eigenvalue weighted by atomic mass is 9.98. The smallest absolute Gasteiger partial charge is 0.297 e. The molecule has 168 valence electrons. The molecule has 1 atom stereocenters. The predicted octanol–water partition coefficient (Wildman–Crippen LogP) is 5.73. The van der Waals surface area contributed by atoms with Crippen LogP contribution >= 0.6 is 11.3 Å². The van der Waals surface area contributed by atoms with E-state index in [0.717, 1.165) is 17.5 Å². The maximum Gasteiger partial charge on any atom is 0.297 e. The van der Waals surface area contributed by atoms with E-state index in [0.29, 0.717) is 39.9 Å².